The van der Waals surface area contributed by atoms with E-state index in [9.17, 15) is 8.42 Å². The smallest absolute Gasteiger partial charge is 0.243 e. The number of halogens is 1. The predicted molar refractivity (Wildman–Crippen MR) is 118 cm³/mol. The lowest BCUT2D eigenvalue weighted by molar-refractivity contribution is 0.397. The van der Waals surface area contributed by atoms with Gasteiger partial charge in [-0.15, -0.1) is 5.10 Å². The van der Waals surface area contributed by atoms with E-state index in [0.29, 0.717) is 22.0 Å². The number of rotatable bonds is 8. The van der Waals surface area contributed by atoms with Gasteiger partial charge in [0, 0.05) is 36.6 Å². The van der Waals surface area contributed by atoms with Gasteiger partial charge in [-0.25, -0.2) is 8.42 Å². The van der Waals surface area contributed by atoms with Crippen molar-refractivity contribution in [3.8, 4) is 11.4 Å². The van der Waals surface area contributed by atoms with Crippen LogP contribution in [0, 0.1) is 0 Å². The third-order valence-electron chi connectivity index (χ3n) is 4.77. The van der Waals surface area contributed by atoms with Crippen LogP contribution in [-0.2, 0) is 23.1 Å². The van der Waals surface area contributed by atoms with E-state index in [4.69, 9.17) is 16.3 Å². The molecule has 0 bridgehead atoms. The Morgan fingerprint density at radius 2 is 1.94 bits per heavy atom. The highest BCUT2D eigenvalue weighted by Crippen LogP contribution is 2.29. The summed E-state index contributed by atoms with van der Waals surface area (Å²) in [6, 6.07) is 15.3. The molecule has 2 aromatic heterocycles. The van der Waals surface area contributed by atoms with E-state index in [1.54, 1.807) is 42.7 Å². The largest absolute Gasteiger partial charge is 0.494 e. The lowest BCUT2D eigenvalue weighted by Gasteiger charge is -2.23. The van der Waals surface area contributed by atoms with Crippen molar-refractivity contribution in [3.05, 3.63) is 89.5 Å². The number of hydrogen-bond acceptors (Lipinski definition) is 7. The Labute approximate surface area is 190 Å². The number of ether oxygens (including phenoxy) is 1. The van der Waals surface area contributed by atoms with Crippen LogP contribution in [0.2, 0.25) is 5.02 Å². The summed E-state index contributed by atoms with van der Waals surface area (Å²) in [4.78, 5) is 4.17. The fraction of sp³-hybridized carbons (Fsp3) is 0.143. The second-order valence-electron chi connectivity index (χ2n) is 6.81. The summed E-state index contributed by atoms with van der Waals surface area (Å²) >= 11 is 6.32. The number of tetrazole rings is 1. The number of hydrogen-bond donors (Lipinski definition) is 0. The maximum atomic E-state index is 13.7. The fourth-order valence-electron chi connectivity index (χ4n) is 3.17. The summed E-state index contributed by atoms with van der Waals surface area (Å²) in [5.74, 6) is 0.317. The van der Waals surface area contributed by atoms with E-state index in [-0.39, 0.29) is 18.0 Å². The van der Waals surface area contributed by atoms with E-state index in [1.165, 1.54) is 34.6 Å². The van der Waals surface area contributed by atoms with Crippen molar-refractivity contribution in [2.75, 3.05) is 7.11 Å². The van der Waals surface area contributed by atoms with Crippen molar-refractivity contribution in [2.45, 2.75) is 18.0 Å². The Balaban J connectivity index is 1.74. The number of nitrogens with zero attached hydrogens (tertiary/aromatic N) is 6. The number of pyridine rings is 1. The third kappa shape index (κ3) is 4.62. The first kappa shape index (κ1) is 21.9. The molecule has 0 unspecified atom stereocenters. The van der Waals surface area contributed by atoms with Gasteiger partial charge in [-0.05, 0) is 45.8 Å². The minimum absolute atomic E-state index is 0.0714. The molecule has 0 aliphatic carbocycles. The highest BCUT2D eigenvalue weighted by Gasteiger charge is 2.27. The lowest BCUT2D eigenvalue weighted by atomic mass is 10.2. The summed E-state index contributed by atoms with van der Waals surface area (Å²) in [7, 11) is -2.47. The van der Waals surface area contributed by atoms with Crippen LogP contribution in [0.15, 0.2) is 78.2 Å². The molecule has 11 heteroatoms. The molecule has 2 aromatic carbocycles. The first-order chi connectivity index (χ1) is 15.5. The van der Waals surface area contributed by atoms with Crippen molar-refractivity contribution in [1.82, 2.24) is 29.5 Å². The Hall–Kier alpha value is -3.34. The average molecular weight is 471 g/mol. The van der Waals surface area contributed by atoms with Crippen molar-refractivity contribution in [2.24, 2.45) is 0 Å². The topological polar surface area (TPSA) is 103 Å². The zero-order valence-electron chi connectivity index (χ0n) is 17.0. The van der Waals surface area contributed by atoms with Crippen molar-refractivity contribution in [1.29, 1.82) is 0 Å². The number of methoxy groups -OCH3 is 1. The van der Waals surface area contributed by atoms with Crippen molar-refractivity contribution in [3.63, 3.8) is 0 Å². The second kappa shape index (κ2) is 9.43. The van der Waals surface area contributed by atoms with Crippen LogP contribution in [0.4, 0.5) is 0 Å². The number of sulfonamides is 1. The van der Waals surface area contributed by atoms with Crippen molar-refractivity contribution >= 4 is 21.6 Å². The molecule has 0 amide bonds. The van der Waals surface area contributed by atoms with Crippen LogP contribution < -0.4 is 4.74 Å². The summed E-state index contributed by atoms with van der Waals surface area (Å²) in [6.07, 6.45) is 4.67. The first-order valence-corrected chi connectivity index (χ1v) is 11.3. The third-order valence-corrected chi connectivity index (χ3v) is 6.93. The normalized spacial score (nSPS) is 11.6. The van der Waals surface area contributed by atoms with Gasteiger partial charge in [0.2, 0.25) is 10.0 Å². The zero-order valence-corrected chi connectivity index (χ0v) is 18.6. The molecule has 0 spiro atoms. The molecule has 0 aliphatic rings. The predicted octanol–water partition coefficient (Wildman–Crippen LogP) is 3.11. The van der Waals surface area contributed by atoms with Gasteiger partial charge in [0.25, 0.3) is 0 Å². The van der Waals surface area contributed by atoms with Gasteiger partial charge in [-0.1, -0.05) is 35.9 Å². The van der Waals surface area contributed by atoms with Gasteiger partial charge in [-0.2, -0.15) is 8.99 Å². The molecule has 4 rings (SSSR count). The van der Waals surface area contributed by atoms with E-state index in [0.717, 1.165) is 5.56 Å². The van der Waals surface area contributed by atoms with Crippen molar-refractivity contribution < 1.29 is 13.2 Å². The fourth-order valence-corrected chi connectivity index (χ4v) is 4.78. The van der Waals surface area contributed by atoms with Crippen LogP contribution in [0.25, 0.3) is 5.69 Å². The monoisotopic (exact) mass is 470 g/mol. The molecular formula is C21H19ClN6O3S. The molecule has 0 saturated carbocycles. The van der Waals surface area contributed by atoms with Gasteiger partial charge in [0.05, 0.1) is 12.0 Å². The first-order valence-electron chi connectivity index (χ1n) is 9.53. The minimum atomic E-state index is -3.93. The summed E-state index contributed by atoms with van der Waals surface area (Å²) in [5.41, 5.74) is 1.96. The summed E-state index contributed by atoms with van der Waals surface area (Å²) in [5, 5.41) is 11.5. The van der Waals surface area contributed by atoms with Gasteiger partial charge in [0.15, 0.2) is 0 Å². The molecular weight excluding hydrogens is 452 g/mol. The lowest BCUT2D eigenvalue weighted by Crippen LogP contribution is -2.30. The summed E-state index contributed by atoms with van der Waals surface area (Å²) < 4.78 is 35.5. The van der Waals surface area contributed by atoms with Gasteiger partial charge >= 0.3 is 0 Å². The van der Waals surface area contributed by atoms with Gasteiger partial charge < -0.3 is 4.74 Å². The SMILES string of the molecule is COc1cc(S(=O)(=O)N(Cc2cccnc2)Cc2ccccc2Cl)ccc1-n1cnnn1. The Morgan fingerprint density at radius 3 is 2.62 bits per heavy atom. The molecule has 32 heavy (non-hydrogen) atoms. The maximum absolute atomic E-state index is 13.7. The molecule has 2 heterocycles. The molecule has 0 fully saturated rings. The average Bonchev–Trinajstić information content (AvgIpc) is 3.35. The molecule has 0 aliphatic heterocycles. The van der Waals surface area contributed by atoms with Crippen LogP contribution in [0.3, 0.4) is 0 Å². The van der Waals surface area contributed by atoms with Crippen LogP contribution in [0.5, 0.6) is 5.75 Å². The van der Waals surface area contributed by atoms with E-state index in [2.05, 4.69) is 20.5 Å². The Morgan fingerprint density at radius 1 is 1.09 bits per heavy atom. The van der Waals surface area contributed by atoms with Gasteiger partial charge in [0.1, 0.15) is 17.8 Å². The molecule has 4 aromatic rings. The van der Waals surface area contributed by atoms with Gasteiger partial charge in [-0.3, -0.25) is 4.98 Å². The molecule has 0 N–H and O–H groups in total. The van der Waals surface area contributed by atoms with Crippen LogP contribution >= 0.6 is 11.6 Å². The molecule has 9 nitrogen and oxygen atoms in total. The number of benzene rings is 2. The highest BCUT2D eigenvalue weighted by atomic mass is 35.5. The quantitative estimate of drug-likeness (QED) is 0.389. The Bertz CT molecular complexity index is 1300. The maximum Gasteiger partial charge on any atom is 0.243 e. The van der Waals surface area contributed by atoms with Crippen LogP contribution in [-0.4, -0.2) is 45.0 Å². The highest BCUT2D eigenvalue weighted by molar-refractivity contribution is 7.89. The molecule has 0 atom stereocenters. The molecule has 0 saturated heterocycles. The minimum Gasteiger partial charge on any atom is -0.494 e. The molecule has 0 radical (unpaired) electrons. The Kier molecular flexibility index (Phi) is 6.45. The number of aromatic nitrogens is 5. The van der Waals surface area contributed by atoms with E-state index >= 15 is 0 Å². The van der Waals surface area contributed by atoms with E-state index < -0.39 is 10.0 Å². The van der Waals surface area contributed by atoms with E-state index in [1.807, 2.05) is 12.1 Å². The zero-order chi connectivity index (χ0) is 22.6. The second-order valence-corrected chi connectivity index (χ2v) is 9.16. The van der Waals surface area contributed by atoms with Crippen LogP contribution in [0.1, 0.15) is 11.1 Å². The summed E-state index contributed by atoms with van der Waals surface area (Å²) in [6.45, 7) is 0.215. The standard InChI is InChI=1S/C21H19ClN6O3S/c1-31-21-11-18(8-9-20(21)28-15-24-25-26-28)32(29,30)27(13-16-5-4-10-23-12-16)14-17-6-2-3-7-19(17)22/h2-12,15H,13-14H2,1H3. The molecule has 164 valence electrons.